The molecule has 7 nitrogen and oxygen atoms in total. The van der Waals surface area contributed by atoms with Gasteiger partial charge in [-0.2, -0.15) is 0 Å². The number of hydrogen-bond acceptors (Lipinski definition) is 6. The average Bonchev–Trinajstić information content (AvgIpc) is 3.15. The number of hydrogen-bond donors (Lipinski definition) is 2. The molecule has 0 atom stereocenters. The standard InChI is InChI=1S/C18H20N4O3/c23-18(20-12-3-1-2-4-12)14-6-8-17(22-21-14)19-13-5-7-15-16(11-13)25-10-9-24-15/h5-8,11-12H,1-4,9-10H2,(H,19,22)(H,20,23). The Kier molecular flexibility index (Phi) is 4.37. The Morgan fingerprint density at radius 1 is 1.00 bits per heavy atom. The number of anilines is 2. The van der Waals surface area contributed by atoms with Gasteiger partial charge in [-0.3, -0.25) is 4.79 Å². The molecule has 2 aromatic rings. The summed E-state index contributed by atoms with van der Waals surface area (Å²) >= 11 is 0. The second-order valence-corrected chi connectivity index (χ2v) is 6.24. The summed E-state index contributed by atoms with van der Waals surface area (Å²) in [5.41, 5.74) is 1.15. The Balaban J connectivity index is 1.41. The first-order valence-corrected chi connectivity index (χ1v) is 8.59. The number of ether oxygens (including phenoxy) is 2. The summed E-state index contributed by atoms with van der Waals surface area (Å²) in [7, 11) is 0. The predicted molar refractivity (Wildman–Crippen MR) is 92.5 cm³/mol. The molecule has 0 spiro atoms. The number of nitrogens with one attached hydrogen (secondary N) is 2. The molecule has 0 bridgehead atoms. The van der Waals surface area contributed by atoms with Gasteiger partial charge in [0.25, 0.3) is 5.91 Å². The van der Waals surface area contributed by atoms with Gasteiger partial charge >= 0.3 is 0 Å². The molecule has 1 aromatic heterocycles. The van der Waals surface area contributed by atoms with Crippen molar-refractivity contribution < 1.29 is 14.3 Å². The van der Waals surface area contributed by atoms with E-state index in [-0.39, 0.29) is 11.9 Å². The Hall–Kier alpha value is -2.83. The molecule has 1 aliphatic carbocycles. The van der Waals surface area contributed by atoms with Crippen LogP contribution in [0.2, 0.25) is 0 Å². The summed E-state index contributed by atoms with van der Waals surface area (Å²) in [6.07, 6.45) is 4.44. The van der Waals surface area contributed by atoms with Crippen LogP contribution in [0.5, 0.6) is 11.5 Å². The molecule has 0 radical (unpaired) electrons. The van der Waals surface area contributed by atoms with E-state index in [0.717, 1.165) is 24.3 Å². The molecule has 1 saturated carbocycles. The van der Waals surface area contributed by atoms with Crippen molar-refractivity contribution in [2.24, 2.45) is 0 Å². The highest BCUT2D eigenvalue weighted by atomic mass is 16.6. The highest BCUT2D eigenvalue weighted by Crippen LogP contribution is 2.33. The van der Waals surface area contributed by atoms with E-state index in [0.29, 0.717) is 30.5 Å². The Bertz CT molecular complexity index is 757. The van der Waals surface area contributed by atoms with Crippen LogP contribution >= 0.6 is 0 Å². The summed E-state index contributed by atoms with van der Waals surface area (Å²) in [5, 5.41) is 14.3. The number of benzene rings is 1. The molecule has 2 heterocycles. The quantitative estimate of drug-likeness (QED) is 0.890. The minimum Gasteiger partial charge on any atom is -0.486 e. The second-order valence-electron chi connectivity index (χ2n) is 6.24. The van der Waals surface area contributed by atoms with Gasteiger partial charge in [0.2, 0.25) is 0 Å². The van der Waals surface area contributed by atoms with Crippen LogP contribution in [-0.2, 0) is 0 Å². The molecular formula is C18H20N4O3. The van der Waals surface area contributed by atoms with Crippen molar-refractivity contribution >= 4 is 17.4 Å². The van der Waals surface area contributed by atoms with Gasteiger partial charge in [0.1, 0.15) is 13.2 Å². The van der Waals surface area contributed by atoms with Crippen molar-refractivity contribution in [1.82, 2.24) is 15.5 Å². The molecule has 1 fully saturated rings. The molecule has 2 aliphatic rings. The van der Waals surface area contributed by atoms with Crippen LogP contribution in [0.4, 0.5) is 11.5 Å². The van der Waals surface area contributed by atoms with Crippen LogP contribution < -0.4 is 20.1 Å². The zero-order valence-electron chi connectivity index (χ0n) is 13.8. The second kappa shape index (κ2) is 6.96. The smallest absolute Gasteiger partial charge is 0.272 e. The van der Waals surface area contributed by atoms with Crippen LogP contribution in [0.3, 0.4) is 0 Å². The third-order valence-corrected chi connectivity index (χ3v) is 4.40. The van der Waals surface area contributed by atoms with Crippen LogP contribution in [-0.4, -0.2) is 35.4 Å². The van der Waals surface area contributed by atoms with E-state index in [2.05, 4.69) is 20.8 Å². The lowest BCUT2D eigenvalue weighted by molar-refractivity contribution is 0.0932. The fourth-order valence-electron chi connectivity index (χ4n) is 3.12. The zero-order chi connectivity index (χ0) is 17.1. The van der Waals surface area contributed by atoms with Crippen LogP contribution in [0, 0.1) is 0 Å². The van der Waals surface area contributed by atoms with E-state index < -0.39 is 0 Å². The highest BCUT2D eigenvalue weighted by Gasteiger charge is 2.19. The normalized spacial score (nSPS) is 16.5. The van der Waals surface area contributed by atoms with Crippen LogP contribution in [0.1, 0.15) is 36.2 Å². The maximum Gasteiger partial charge on any atom is 0.272 e. The van der Waals surface area contributed by atoms with Crippen LogP contribution in [0.15, 0.2) is 30.3 Å². The maximum atomic E-state index is 12.2. The average molecular weight is 340 g/mol. The SMILES string of the molecule is O=C(NC1CCCC1)c1ccc(Nc2ccc3c(c2)OCCO3)nn1. The highest BCUT2D eigenvalue weighted by molar-refractivity contribution is 5.92. The number of aromatic nitrogens is 2. The van der Waals surface area contributed by atoms with E-state index in [1.165, 1.54) is 12.8 Å². The zero-order valence-corrected chi connectivity index (χ0v) is 13.8. The molecular weight excluding hydrogens is 320 g/mol. The summed E-state index contributed by atoms with van der Waals surface area (Å²) in [6, 6.07) is 9.29. The molecule has 0 unspecified atom stereocenters. The number of fused-ring (bicyclic) bond motifs is 1. The molecule has 7 heteroatoms. The number of carbonyl (C=O) groups is 1. The van der Waals surface area contributed by atoms with Crippen molar-refractivity contribution in [3.05, 3.63) is 36.0 Å². The van der Waals surface area contributed by atoms with Crippen molar-refractivity contribution in [2.75, 3.05) is 18.5 Å². The van der Waals surface area contributed by atoms with Gasteiger partial charge in [-0.05, 0) is 37.1 Å². The third-order valence-electron chi connectivity index (χ3n) is 4.40. The Morgan fingerprint density at radius 3 is 2.56 bits per heavy atom. The fraction of sp³-hybridized carbons (Fsp3) is 0.389. The monoisotopic (exact) mass is 340 g/mol. The van der Waals surface area contributed by atoms with E-state index in [4.69, 9.17) is 9.47 Å². The lowest BCUT2D eigenvalue weighted by Crippen LogP contribution is -2.33. The number of carbonyl (C=O) groups excluding carboxylic acids is 1. The topological polar surface area (TPSA) is 85.4 Å². The van der Waals surface area contributed by atoms with Crippen LogP contribution in [0.25, 0.3) is 0 Å². The lowest BCUT2D eigenvalue weighted by Gasteiger charge is -2.19. The third kappa shape index (κ3) is 3.65. The van der Waals surface area contributed by atoms with Gasteiger partial charge in [0, 0.05) is 17.8 Å². The molecule has 25 heavy (non-hydrogen) atoms. The summed E-state index contributed by atoms with van der Waals surface area (Å²) in [5.74, 6) is 1.85. The van der Waals surface area contributed by atoms with E-state index in [9.17, 15) is 4.79 Å². The van der Waals surface area contributed by atoms with Gasteiger partial charge in [-0.1, -0.05) is 12.8 Å². The van der Waals surface area contributed by atoms with E-state index >= 15 is 0 Å². The summed E-state index contributed by atoms with van der Waals surface area (Å²) < 4.78 is 11.1. The first kappa shape index (κ1) is 15.7. The first-order chi connectivity index (χ1) is 12.3. The molecule has 2 N–H and O–H groups in total. The molecule has 0 saturated heterocycles. The Labute approximate surface area is 145 Å². The maximum absolute atomic E-state index is 12.2. The van der Waals surface area contributed by atoms with E-state index in [1.807, 2.05) is 18.2 Å². The summed E-state index contributed by atoms with van der Waals surface area (Å²) in [6.45, 7) is 1.11. The predicted octanol–water partition coefficient (Wildman–Crippen LogP) is 2.66. The molecule has 130 valence electrons. The largest absolute Gasteiger partial charge is 0.486 e. The van der Waals surface area contributed by atoms with Gasteiger partial charge in [-0.25, -0.2) is 0 Å². The van der Waals surface area contributed by atoms with Crippen molar-refractivity contribution in [3.63, 3.8) is 0 Å². The number of nitrogens with zero attached hydrogens (tertiary/aromatic N) is 2. The van der Waals surface area contributed by atoms with Gasteiger partial charge < -0.3 is 20.1 Å². The minimum atomic E-state index is -0.162. The first-order valence-electron chi connectivity index (χ1n) is 8.59. The molecule has 1 aromatic carbocycles. The van der Waals surface area contributed by atoms with Crippen molar-refractivity contribution in [2.45, 2.75) is 31.7 Å². The minimum absolute atomic E-state index is 0.162. The number of rotatable bonds is 4. The van der Waals surface area contributed by atoms with Gasteiger partial charge in [0.15, 0.2) is 23.0 Å². The number of amides is 1. The van der Waals surface area contributed by atoms with Gasteiger partial charge in [0.05, 0.1) is 0 Å². The fourth-order valence-corrected chi connectivity index (χ4v) is 3.12. The Morgan fingerprint density at radius 2 is 1.80 bits per heavy atom. The summed E-state index contributed by atoms with van der Waals surface area (Å²) in [4.78, 5) is 12.2. The van der Waals surface area contributed by atoms with Gasteiger partial charge in [-0.15, -0.1) is 10.2 Å². The molecule has 4 rings (SSSR count). The lowest BCUT2D eigenvalue weighted by atomic mass is 10.2. The molecule has 1 aliphatic heterocycles. The van der Waals surface area contributed by atoms with Crippen molar-refractivity contribution in [3.8, 4) is 11.5 Å². The molecule has 1 amide bonds. The van der Waals surface area contributed by atoms with E-state index in [1.54, 1.807) is 12.1 Å². The van der Waals surface area contributed by atoms with Crippen molar-refractivity contribution in [1.29, 1.82) is 0 Å².